The molecule has 0 aliphatic carbocycles. The first-order valence-electron chi connectivity index (χ1n) is 11.4. The first-order valence-corrected chi connectivity index (χ1v) is 11.4. The highest BCUT2D eigenvalue weighted by Gasteiger charge is 2.23. The number of para-hydroxylation sites is 1. The van der Waals surface area contributed by atoms with Gasteiger partial charge >= 0.3 is 5.69 Å². The second-order valence-corrected chi connectivity index (χ2v) is 8.77. The quantitative estimate of drug-likeness (QED) is 0.324. The second kappa shape index (κ2) is 10.7. The molecule has 2 atom stereocenters. The summed E-state index contributed by atoms with van der Waals surface area (Å²) in [5.41, 5.74) is -0.407. The molecule has 4 N–H and O–H groups in total. The lowest BCUT2D eigenvalue weighted by atomic mass is 10.2. The minimum atomic E-state index is -0.828. The maximum Gasteiger partial charge on any atom is 0.331 e. The van der Waals surface area contributed by atoms with Gasteiger partial charge in [0.1, 0.15) is 51.5 Å². The van der Waals surface area contributed by atoms with Crippen LogP contribution in [0.15, 0.2) is 33.9 Å². The van der Waals surface area contributed by atoms with Crippen molar-refractivity contribution in [2.75, 3.05) is 65.7 Å². The molecule has 1 aromatic carbocycles. The van der Waals surface area contributed by atoms with E-state index in [2.05, 4.69) is 0 Å². The molecule has 1 aromatic heterocycles. The van der Waals surface area contributed by atoms with Crippen molar-refractivity contribution < 1.29 is 29.5 Å². The van der Waals surface area contributed by atoms with Crippen LogP contribution >= 0.6 is 0 Å². The maximum absolute atomic E-state index is 13.3. The fraction of sp³-hybridized carbons (Fsp3) is 0.636. The molecule has 2 aliphatic rings. The first kappa shape index (κ1) is 23.1. The molecule has 176 valence electrons. The second-order valence-electron chi connectivity index (χ2n) is 8.77. The number of quaternary nitrogens is 2. The monoisotopic (exact) mass is 450 g/mol. The summed E-state index contributed by atoms with van der Waals surface area (Å²) < 4.78 is 13.3. The molecule has 2 aromatic rings. The summed E-state index contributed by atoms with van der Waals surface area (Å²) >= 11 is 0. The van der Waals surface area contributed by atoms with Crippen LogP contribution in [0, 0.1) is 0 Å². The number of aromatic nitrogens is 2. The van der Waals surface area contributed by atoms with Gasteiger partial charge in [-0.1, -0.05) is 12.1 Å². The summed E-state index contributed by atoms with van der Waals surface area (Å²) in [5, 5.41) is 21.8. The largest absolute Gasteiger partial charge is 0.385 e. The molecule has 32 heavy (non-hydrogen) atoms. The van der Waals surface area contributed by atoms with Gasteiger partial charge in [0.05, 0.1) is 50.4 Å². The van der Waals surface area contributed by atoms with Crippen molar-refractivity contribution in [3.63, 3.8) is 0 Å². The number of fused-ring (bicyclic) bond motifs is 1. The molecule has 2 aliphatic heterocycles. The number of nitrogens with zero attached hydrogens (tertiary/aromatic N) is 2. The Bertz CT molecular complexity index is 1010. The highest BCUT2D eigenvalue weighted by Crippen LogP contribution is 2.08. The third kappa shape index (κ3) is 5.45. The highest BCUT2D eigenvalue weighted by molar-refractivity contribution is 5.77. The standard InChI is InChI=1S/C22H32N4O6/c27-17(13-23-5-9-31-10-6-23)15-25-20-4-2-1-3-19(20)21(29)26(22(25)30)16-18(28)14-24-7-11-32-12-8-24/h1-4,17-18,27-28H,5-16H2/p+2/t17-,18+/m1/s1. The van der Waals surface area contributed by atoms with Gasteiger partial charge in [0, 0.05) is 0 Å². The lowest BCUT2D eigenvalue weighted by Crippen LogP contribution is -3.15. The lowest BCUT2D eigenvalue weighted by Gasteiger charge is -2.27. The normalized spacial score (nSPS) is 20.4. The van der Waals surface area contributed by atoms with E-state index < -0.39 is 23.5 Å². The number of nitrogens with one attached hydrogen (secondary N) is 2. The molecular formula is C22H34N4O6+2. The number of hydrogen-bond acceptors (Lipinski definition) is 6. The predicted octanol–water partition coefficient (Wildman–Crippen LogP) is -4.28. The molecule has 4 rings (SSSR count). The van der Waals surface area contributed by atoms with E-state index in [0.717, 1.165) is 30.7 Å². The topological polar surface area (TPSA) is 112 Å². The Balaban J connectivity index is 1.57. The molecule has 0 radical (unpaired) electrons. The molecule has 10 heteroatoms. The van der Waals surface area contributed by atoms with E-state index in [1.54, 1.807) is 24.3 Å². The fourth-order valence-corrected chi connectivity index (χ4v) is 4.65. The molecule has 0 saturated carbocycles. The Morgan fingerprint density at radius 3 is 1.88 bits per heavy atom. The summed E-state index contributed by atoms with van der Waals surface area (Å²) in [4.78, 5) is 28.8. The van der Waals surface area contributed by atoms with Gasteiger partial charge in [-0.05, 0) is 12.1 Å². The summed E-state index contributed by atoms with van der Waals surface area (Å²) in [6.07, 6.45) is -1.57. The fourth-order valence-electron chi connectivity index (χ4n) is 4.65. The van der Waals surface area contributed by atoms with Crippen LogP contribution in [0.5, 0.6) is 0 Å². The number of rotatable bonds is 8. The van der Waals surface area contributed by atoms with E-state index in [1.165, 1.54) is 14.4 Å². The van der Waals surface area contributed by atoms with Crippen molar-refractivity contribution >= 4 is 10.9 Å². The van der Waals surface area contributed by atoms with Crippen LogP contribution in [0.25, 0.3) is 10.9 Å². The van der Waals surface area contributed by atoms with Gasteiger partial charge in [-0.15, -0.1) is 0 Å². The van der Waals surface area contributed by atoms with Crippen LogP contribution in [0.3, 0.4) is 0 Å². The third-order valence-corrected chi connectivity index (χ3v) is 6.37. The SMILES string of the molecule is O=c1c2ccccc2n(C[C@H](O)C[NH+]2CCOCC2)c(=O)n1C[C@@H](O)C[NH+]1CCOCC1. The molecule has 10 nitrogen and oxygen atoms in total. The van der Waals surface area contributed by atoms with E-state index in [0.29, 0.717) is 50.4 Å². The summed E-state index contributed by atoms with van der Waals surface area (Å²) in [6, 6.07) is 6.94. The van der Waals surface area contributed by atoms with Gasteiger partial charge < -0.3 is 29.5 Å². The average molecular weight is 451 g/mol. The minimum Gasteiger partial charge on any atom is -0.385 e. The van der Waals surface area contributed by atoms with Crippen LogP contribution in [-0.2, 0) is 22.6 Å². The van der Waals surface area contributed by atoms with Crippen molar-refractivity contribution in [2.45, 2.75) is 25.3 Å². The highest BCUT2D eigenvalue weighted by atomic mass is 16.5. The number of aliphatic hydroxyl groups excluding tert-OH is 2. The number of aliphatic hydroxyl groups is 2. The molecule has 0 amide bonds. The lowest BCUT2D eigenvalue weighted by molar-refractivity contribution is -0.911. The van der Waals surface area contributed by atoms with Crippen LogP contribution in [-0.4, -0.2) is 97.3 Å². The van der Waals surface area contributed by atoms with Gasteiger partial charge in [0.2, 0.25) is 0 Å². The number of ether oxygens (including phenoxy) is 2. The number of hydrogen-bond donors (Lipinski definition) is 4. The average Bonchev–Trinajstić information content (AvgIpc) is 2.81. The van der Waals surface area contributed by atoms with Gasteiger partial charge in [-0.3, -0.25) is 13.9 Å². The third-order valence-electron chi connectivity index (χ3n) is 6.37. The molecule has 2 saturated heterocycles. The maximum atomic E-state index is 13.3. The van der Waals surface area contributed by atoms with Crippen molar-refractivity contribution in [1.82, 2.24) is 9.13 Å². The van der Waals surface area contributed by atoms with Gasteiger partial charge in [-0.25, -0.2) is 4.79 Å². The Kier molecular flexibility index (Phi) is 7.71. The molecule has 0 unspecified atom stereocenters. The molecule has 3 heterocycles. The van der Waals surface area contributed by atoms with Gasteiger partial charge in [0.15, 0.2) is 0 Å². The van der Waals surface area contributed by atoms with Crippen LogP contribution in [0.4, 0.5) is 0 Å². The zero-order valence-electron chi connectivity index (χ0n) is 18.4. The Morgan fingerprint density at radius 2 is 1.31 bits per heavy atom. The zero-order valence-corrected chi connectivity index (χ0v) is 18.4. The van der Waals surface area contributed by atoms with Crippen LogP contribution in [0.1, 0.15) is 0 Å². The van der Waals surface area contributed by atoms with Crippen molar-refractivity contribution in [3.05, 3.63) is 45.1 Å². The number of morpholine rings is 2. The van der Waals surface area contributed by atoms with Crippen LogP contribution < -0.4 is 21.0 Å². The summed E-state index contributed by atoms with van der Waals surface area (Å²) in [7, 11) is 0. The molecule has 0 spiro atoms. The van der Waals surface area contributed by atoms with Crippen molar-refractivity contribution in [3.8, 4) is 0 Å². The van der Waals surface area contributed by atoms with E-state index in [9.17, 15) is 19.8 Å². The zero-order chi connectivity index (χ0) is 22.5. The number of benzene rings is 1. The van der Waals surface area contributed by atoms with Crippen LogP contribution in [0.2, 0.25) is 0 Å². The van der Waals surface area contributed by atoms with Gasteiger partial charge in [-0.2, -0.15) is 0 Å². The summed E-state index contributed by atoms with van der Waals surface area (Å²) in [5.74, 6) is 0. The minimum absolute atomic E-state index is 0.0718. The van der Waals surface area contributed by atoms with E-state index >= 15 is 0 Å². The van der Waals surface area contributed by atoms with E-state index in [-0.39, 0.29) is 13.1 Å². The Labute approximate surface area is 186 Å². The van der Waals surface area contributed by atoms with Crippen molar-refractivity contribution in [2.24, 2.45) is 0 Å². The van der Waals surface area contributed by atoms with E-state index in [4.69, 9.17) is 9.47 Å². The van der Waals surface area contributed by atoms with E-state index in [1.807, 2.05) is 0 Å². The van der Waals surface area contributed by atoms with Crippen molar-refractivity contribution in [1.29, 1.82) is 0 Å². The van der Waals surface area contributed by atoms with Gasteiger partial charge in [0.25, 0.3) is 5.56 Å². The molecule has 0 bridgehead atoms. The predicted molar refractivity (Wildman–Crippen MR) is 117 cm³/mol. The first-order chi connectivity index (χ1) is 15.5. The smallest absolute Gasteiger partial charge is 0.331 e. The Morgan fingerprint density at radius 1 is 0.812 bits per heavy atom. The Hall–Kier alpha value is -2.08. The molecular weight excluding hydrogens is 416 g/mol. The summed E-state index contributed by atoms with van der Waals surface area (Å²) in [6.45, 7) is 6.83. The molecule has 2 fully saturated rings.